The fraction of sp³-hybridized carbons (Fsp3) is 0.268. The molecule has 0 aromatic heterocycles. The van der Waals surface area contributed by atoms with E-state index >= 15 is 17.6 Å². The molecule has 0 spiro atoms. The van der Waals surface area contributed by atoms with Crippen molar-refractivity contribution in [3.8, 4) is 50.6 Å². The molecule has 2 saturated heterocycles. The number of benzene rings is 6. The number of nitriles is 1. The molecule has 2 heterocycles. The second-order valence-electron chi connectivity index (χ2n) is 19.4. The van der Waals surface area contributed by atoms with Crippen LogP contribution in [-0.2, 0) is 12.8 Å². The van der Waals surface area contributed by atoms with Gasteiger partial charge in [-0.1, -0.05) is 48.5 Å². The summed E-state index contributed by atoms with van der Waals surface area (Å²) in [6.07, 6.45) is 1.29. The summed E-state index contributed by atoms with van der Waals surface area (Å²) in [6.45, 7) is 7.52. The third kappa shape index (κ3) is 10.9. The molecule has 2 fully saturated rings. The zero-order valence-corrected chi connectivity index (χ0v) is 39.2. The number of nitrogens with zero attached hydrogens (tertiary/aromatic N) is 4. The van der Waals surface area contributed by atoms with E-state index in [-0.39, 0.29) is 83.5 Å². The monoisotopic (exact) mass is 948 g/mol. The van der Waals surface area contributed by atoms with E-state index < -0.39 is 40.5 Å². The number of aliphatic hydroxyl groups is 2. The van der Waals surface area contributed by atoms with Gasteiger partial charge in [0.15, 0.2) is 0 Å². The lowest BCUT2D eigenvalue weighted by Gasteiger charge is -2.19. The van der Waals surface area contributed by atoms with Gasteiger partial charge in [-0.15, -0.1) is 0 Å². The first-order valence-corrected chi connectivity index (χ1v) is 22.9. The van der Waals surface area contributed by atoms with Gasteiger partial charge >= 0.3 is 0 Å². The number of rotatable bonds is 12. The van der Waals surface area contributed by atoms with Gasteiger partial charge in [0, 0.05) is 66.9 Å². The van der Waals surface area contributed by atoms with Gasteiger partial charge in [0.1, 0.15) is 35.2 Å². The van der Waals surface area contributed by atoms with Gasteiger partial charge in [0.2, 0.25) is 0 Å². The first kappa shape index (κ1) is 49.0. The van der Waals surface area contributed by atoms with Crippen molar-refractivity contribution < 1.29 is 37.4 Å². The Morgan fingerprint density at radius 3 is 1.66 bits per heavy atom. The summed E-state index contributed by atoms with van der Waals surface area (Å²) in [5, 5.41) is 38.0. The summed E-state index contributed by atoms with van der Waals surface area (Å²) < 4.78 is 63.0. The minimum atomic E-state index is -1.07. The van der Waals surface area contributed by atoms with Crippen molar-refractivity contribution in [1.82, 2.24) is 9.80 Å². The number of nitrogens with two attached hydrogens (primary N) is 1. The van der Waals surface area contributed by atoms with Crippen LogP contribution in [0, 0.1) is 40.0 Å². The van der Waals surface area contributed by atoms with Gasteiger partial charge in [-0.3, -0.25) is 14.6 Å². The van der Waals surface area contributed by atoms with Crippen molar-refractivity contribution in [3.63, 3.8) is 0 Å². The highest BCUT2D eigenvalue weighted by atomic mass is 19.1. The van der Waals surface area contributed by atoms with Crippen molar-refractivity contribution in [3.05, 3.63) is 166 Å². The Morgan fingerprint density at radius 1 is 0.671 bits per heavy atom. The first-order valence-electron chi connectivity index (χ1n) is 22.9. The standard InChI is InChI=1S/C56H52F4N6O4/c1-55(2,69)27-32-5-12-43(49(58)21-32)41-15-11-37(24-46(41)34-7-8-38(29-61)48(57)25-34)54(68)66-20-18-40(31-66)64-52(63)45-16-9-35(26-51(45)60)47-23-36(53(67)65-19-17-39(62)30-65)10-14-42(47)44-13-6-33(22-50(44)59)28-56(3,4)70/h5-16,21-26,40,62,69-70H,17-20,27-28,30-31H2,1-4H3,(H2,63,64)/t40-/m0/s1. The lowest BCUT2D eigenvalue weighted by molar-refractivity contribution is 0.0786. The number of aliphatic imine (C=N–C) groups is 1. The first-order chi connectivity index (χ1) is 33.1. The maximum absolute atomic E-state index is 16.3. The summed E-state index contributed by atoms with van der Waals surface area (Å²) in [5.41, 5.74) is 8.82. The summed E-state index contributed by atoms with van der Waals surface area (Å²) >= 11 is 0. The van der Waals surface area contributed by atoms with Crippen molar-refractivity contribution in [1.29, 1.82) is 10.7 Å². The number of hydrogen-bond donors (Lipinski definition) is 4. The van der Waals surface area contributed by atoms with E-state index in [1.807, 2.05) is 0 Å². The van der Waals surface area contributed by atoms with Crippen LogP contribution in [-0.4, -0.2) is 86.8 Å². The summed E-state index contributed by atoms with van der Waals surface area (Å²) in [7, 11) is 0. The maximum Gasteiger partial charge on any atom is 0.254 e. The topological polar surface area (TPSA) is 167 Å². The van der Waals surface area contributed by atoms with Crippen LogP contribution in [0.1, 0.15) is 83.5 Å². The van der Waals surface area contributed by atoms with Gasteiger partial charge in [0.05, 0.1) is 34.9 Å². The predicted molar refractivity (Wildman–Crippen MR) is 262 cm³/mol. The van der Waals surface area contributed by atoms with Crippen LogP contribution in [0.3, 0.4) is 0 Å². The molecule has 0 unspecified atom stereocenters. The average molecular weight is 949 g/mol. The van der Waals surface area contributed by atoms with Crippen molar-refractivity contribution in [2.45, 2.75) is 70.6 Å². The molecule has 358 valence electrons. The average Bonchev–Trinajstić information content (AvgIpc) is 3.96. The number of nitrogens with one attached hydrogen (secondary N) is 1. The van der Waals surface area contributed by atoms with E-state index in [1.165, 1.54) is 42.5 Å². The Balaban J connectivity index is 1.05. The molecule has 14 heteroatoms. The minimum absolute atomic E-state index is 0.00439. The maximum atomic E-state index is 16.3. The molecular weight excluding hydrogens is 897 g/mol. The lowest BCUT2D eigenvalue weighted by atomic mass is 9.90. The van der Waals surface area contributed by atoms with E-state index in [9.17, 15) is 25.1 Å². The number of amides is 2. The molecular formula is C56H52F4N6O4. The summed E-state index contributed by atoms with van der Waals surface area (Å²) in [6, 6.07) is 28.4. The molecule has 6 aromatic carbocycles. The third-order valence-electron chi connectivity index (χ3n) is 12.5. The Labute approximate surface area is 403 Å². The van der Waals surface area contributed by atoms with Gasteiger partial charge in [0.25, 0.3) is 11.8 Å². The second-order valence-corrected chi connectivity index (χ2v) is 19.4. The summed E-state index contributed by atoms with van der Waals surface area (Å²) in [5.74, 6) is -3.44. The molecule has 10 nitrogen and oxygen atoms in total. The van der Waals surface area contributed by atoms with Crippen molar-refractivity contribution in [2.75, 3.05) is 26.2 Å². The molecule has 8 rings (SSSR count). The molecule has 2 amide bonds. The number of amidine groups is 1. The van der Waals surface area contributed by atoms with Crippen LogP contribution in [0.15, 0.2) is 114 Å². The molecule has 2 aliphatic heterocycles. The van der Waals surface area contributed by atoms with E-state index in [1.54, 1.807) is 110 Å². The van der Waals surface area contributed by atoms with Crippen LogP contribution >= 0.6 is 0 Å². The number of halogens is 4. The van der Waals surface area contributed by atoms with E-state index in [2.05, 4.69) is 4.99 Å². The van der Waals surface area contributed by atoms with Crippen LogP contribution < -0.4 is 5.73 Å². The van der Waals surface area contributed by atoms with Crippen molar-refractivity contribution in [2.24, 2.45) is 10.7 Å². The van der Waals surface area contributed by atoms with E-state index in [0.29, 0.717) is 69.6 Å². The van der Waals surface area contributed by atoms with Gasteiger partial charge < -0.3 is 31.2 Å². The number of carbonyl (C=O) groups is 2. The highest BCUT2D eigenvalue weighted by Gasteiger charge is 2.29. The molecule has 1 atom stereocenters. The number of carbonyl (C=O) groups excluding carboxylic acids is 2. The number of likely N-dealkylation sites (tertiary alicyclic amines) is 2. The van der Waals surface area contributed by atoms with Crippen molar-refractivity contribution >= 4 is 23.4 Å². The molecule has 6 aromatic rings. The Bertz CT molecular complexity index is 3150. The fourth-order valence-corrected chi connectivity index (χ4v) is 9.23. The van der Waals surface area contributed by atoms with E-state index in [0.717, 1.165) is 0 Å². The van der Waals surface area contributed by atoms with Gasteiger partial charge in [-0.05, 0) is 139 Å². The summed E-state index contributed by atoms with van der Waals surface area (Å²) in [4.78, 5) is 35.4. The number of hydrogen-bond acceptors (Lipinski definition) is 7. The fourth-order valence-electron chi connectivity index (χ4n) is 9.23. The molecule has 0 bridgehead atoms. The SMILES string of the molecule is CC(C)(O)Cc1ccc(-c2ccc(C(=O)N3CCC(=N)C3)cc2-c2ccc(C(N)=N[C@H]3CCN(C(=O)c4ccc(-c5ccc(CC(C)(C)O)cc5F)c(-c5ccc(C#N)c(F)c5)c4)C3)c(F)c2)c(F)c1. The molecule has 0 aliphatic carbocycles. The second kappa shape index (κ2) is 19.5. The molecule has 5 N–H and O–H groups in total. The molecule has 2 aliphatic rings. The lowest BCUT2D eigenvalue weighted by Crippen LogP contribution is -2.30. The predicted octanol–water partition coefficient (Wildman–Crippen LogP) is 9.90. The minimum Gasteiger partial charge on any atom is -0.390 e. The Hall–Kier alpha value is -7.47. The zero-order valence-electron chi connectivity index (χ0n) is 39.2. The Kier molecular flexibility index (Phi) is 13.6. The molecule has 70 heavy (non-hydrogen) atoms. The largest absolute Gasteiger partial charge is 0.390 e. The highest BCUT2D eigenvalue weighted by Crippen LogP contribution is 2.38. The molecule has 0 radical (unpaired) electrons. The van der Waals surface area contributed by atoms with Gasteiger partial charge in [-0.2, -0.15) is 5.26 Å². The Morgan fingerprint density at radius 2 is 1.19 bits per heavy atom. The molecule has 0 saturated carbocycles. The van der Waals surface area contributed by atoms with Crippen LogP contribution in [0.25, 0.3) is 44.5 Å². The smallest absolute Gasteiger partial charge is 0.254 e. The van der Waals surface area contributed by atoms with E-state index in [4.69, 9.17) is 11.1 Å². The zero-order chi connectivity index (χ0) is 50.2. The normalized spacial score (nSPS) is 15.4. The third-order valence-corrected chi connectivity index (χ3v) is 12.5. The quantitative estimate of drug-likeness (QED) is 0.0542. The van der Waals surface area contributed by atoms with Crippen LogP contribution in [0.5, 0.6) is 0 Å². The van der Waals surface area contributed by atoms with Crippen LogP contribution in [0.4, 0.5) is 17.6 Å². The van der Waals surface area contributed by atoms with Crippen LogP contribution in [0.2, 0.25) is 0 Å². The van der Waals surface area contributed by atoms with Gasteiger partial charge in [-0.25, -0.2) is 17.6 Å². The highest BCUT2D eigenvalue weighted by molar-refractivity contribution is 6.02.